The first-order valence-corrected chi connectivity index (χ1v) is 5.12. The van der Waals surface area contributed by atoms with Crippen LogP contribution in [0.4, 0.5) is 0 Å². The van der Waals surface area contributed by atoms with Crippen molar-refractivity contribution in [3.63, 3.8) is 0 Å². The van der Waals surface area contributed by atoms with E-state index in [9.17, 15) is 8.42 Å². The fourth-order valence-electron chi connectivity index (χ4n) is 0.711. The molecule has 0 aromatic carbocycles. The Morgan fingerprint density at radius 2 is 1.73 bits per heavy atom. The average Bonchev–Trinajstić information content (AvgIpc) is 1.78. The third-order valence-electron chi connectivity index (χ3n) is 1.26. The first kappa shape index (κ1) is 14.4. The molecule has 0 aliphatic heterocycles. The van der Waals surface area contributed by atoms with Crippen LogP contribution in [0.2, 0.25) is 0 Å². The summed E-state index contributed by atoms with van der Waals surface area (Å²) in [7, 11) is -3.70. The summed E-state index contributed by atoms with van der Waals surface area (Å²) in [6, 6.07) is 0. The zero-order valence-corrected chi connectivity index (χ0v) is 12.1. The minimum absolute atomic E-state index is 0. The minimum Gasteiger partial charge on any atom is -0.286 e. The van der Waals surface area contributed by atoms with Crippen LogP contribution in [0.5, 0.6) is 0 Å². The molecule has 0 aromatic heterocycles. The Kier molecular flexibility index (Phi) is 9.77. The first-order valence-electron chi connectivity index (χ1n) is 3.51. The predicted molar refractivity (Wildman–Crippen MR) is 46.3 cm³/mol. The molecule has 0 saturated carbocycles. The summed E-state index contributed by atoms with van der Waals surface area (Å²) in [6.07, 6.45) is 3.57. The molecule has 1 N–H and O–H groups in total. The van der Waals surface area contributed by atoms with Crippen LogP contribution in [0.15, 0.2) is 0 Å². The molecule has 0 aliphatic carbocycles. The molecule has 0 spiro atoms. The van der Waals surface area contributed by atoms with Crippen molar-refractivity contribution < 1.29 is 13.0 Å². The molecule has 0 heterocycles. The van der Waals surface area contributed by atoms with Gasteiger partial charge in [0.2, 0.25) is 0 Å². The van der Waals surface area contributed by atoms with Gasteiger partial charge < -0.3 is 0 Å². The van der Waals surface area contributed by atoms with Crippen molar-refractivity contribution in [1.82, 2.24) is 0 Å². The molecule has 5 heteroatoms. The third kappa shape index (κ3) is 13.8. The smallest absolute Gasteiger partial charge is 0.264 e. The van der Waals surface area contributed by atoms with Crippen molar-refractivity contribution in [3.05, 3.63) is 0 Å². The molecule has 1 radical (unpaired) electrons. The summed E-state index contributed by atoms with van der Waals surface area (Å²) in [5.41, 5.74) is 0. The Labute approximate surface area is 88.5 Å². The number of unbranched alkanes of at least 4 members (excludes halogenated alkanes) is 3. The summed E-state index contributed by atoms with van der Waals surface area (Å²) in [4.78, 5) is 0. The molecule has 0 aromatic rings. The van der Waals surface area contributed by atoms with Crippen molar-refractivity contribution in [2.75, 3.05) is 5.75 Å². The molecule has 0 fully saturated rings. The van der Waals surface area contributed by atoms with Crippen molar-refractivity contribution in [2.24, 2.45) is 0 Å². The van der Waals surface area contributed by atoms with E-state index in [1.807, 2.05) is 6.92 Å². The molecule has 0 saturated heterocycles. The molecule has 0 bridgehead atoms. The van der Waals surface area contributed by atoms with E-state index in [0.29, 0.717) is 6.42 Å². The average molecular weight is 371 g/mol. The van der Waals surface area contributed by atoms with Gasteiger partial charge in [0.05, 0.1) is 5.75 Å². The quantitative estimate of drug-likeness (QED) is 0.447. The summed E-state index contributed by atoms with van der Waals surface area (Å²) in [6.45, 7) is 2.05. The van der Waals surface area contributed by atoms with Crippen LogP contribution in [0.3, 0.4) is 0 Å². The van der Waals surface area contributed by atoms with E-state index in [2.05, 4.69) is 0 Å². The van der Waals surface area contributed by atoms with Crippen molar-refractivity contribution in [2.45, 2.75) is 32.6 Å². The Morgan fingerprint density at radius 3 is 2.09 bits per heavy atom. The van der Waals surface area contributed by atoms with Crippen LogP contribution in [0, 0.1) is 0 Å². The number of hydrogen-bond acceptors (Lipinski definition) is 2. The van der Waals surface area contributed by atoms with Crippen LogP contribution >= 0.6 is 0 Å². The van der Waals surface area contributed by atoms with Crippen molar-refractivity contribution in [3.8, 4) is 0 Å². The molecular weight excluding hydrogens is 357 g/mol. The summed E-state index contributed by atoms with van der Waals surface area (Å²) in [5, 5.41) is 0. The second kappa shape index (κ2) is 7.48. The van der Waals surface area contributed by atoms with E-state index in [-0.39, 0.29) is 33.1 Å². The molecule has 0 rings (SSSR count). The SMILES string of the molecule is CCCCCCS(=O)(=O)O.[Tl]. The monoisotopic (exact) mass is 371 g/mol. The van der Waals surface area contributed by atoms with Crippen LogP contribution in [0.1, 0.15) is 32.6 Å². The fraction of sp³-hybridized carbons (Fsp3) is 1.00. The van der Waals surface area contributed by atoms with E-state index >= 15 is 0 Å². The zero-order valence-electron chi connectivity index (χ0n) is 6.78. The van der Waals surface area contributed by atoms with Gasteiger partial charge in [-0.2, -0.15) is 8.42 Å². The van der Waals surface area contributed by atoms with Crippen molar-refractivity contribution in [1.29, 1.82) is 0 Å². The van der Waals surface area contributed by atoms with Gasteiger partial charge >= 0.3 is 0 Å². The van der Waals surface area contributed by atoms with Crippen molar-refractivity contribution >= 4 is 37.4 Å². The number of hydrogen-bond donors (Lipinski definition) is 1. The van der Waals surface area contributed by atoms with Crippen LogP contribution in [-0.2, 0) is 10.1 Å². The standard InChI is InChI=1S/C6H14O3S.Tl/c1-2-3-4-5-6-10(7,8)9;/h2-6H2,1H3,(H,7,8,9);. The Bertz CT molecular complexity index is 165. The maximum atomic E-state index is 10.1. The Balaban J connectivity index is 0. The second-order valence-electron chi connectivity index (χ2n) is 2.35. The zero-order chi connectivity index (χ0) is 8.04. The summed E-state index contributed by atoms with van der Waals surface area (Å²) >= 11 is 0. The molecule has 11 heavy (non-hydrogen) atoms. The van der Waals surface area contributed by atoms with Gasteiger partial charge in [0, 0.05) is 27.3 Å². The van der Waals surface area contributed by atoms with E-state index in [4.69, 9.17) is 4.55 Å². The van der Waals surface area contributed by atoms with Gasteiger partial charge in [-0.3, -0.25) is 4.55 Å². The predicted octanol–water partition coefficient (Wildman–Crippen LogP) is 1.07. The Morgan fingerprint density at radius 1 is 1.18 bits per heavy atom. The van der Waals surface area contributed by atoms with E-state index in [1.54, 1.807) is 0 Å². The third-order valence-corrected chi connectivity index (χ3v) is 2.06. The molecule has 0 amide bonds. The molecular formula is C6H14O3STl. The largest absolute Gasteiger partial charge is 0.286 e. The van der Waals surface area contributed by atoms with Gasteiger partial charge in [-0.05, 0) is 6.42 Å². The van der Waals surface area contributed by atoms with Gasteiger partial charge in [-0.15, -0.1) is 0 Å². The minimum atomic E-state index is -3.70. The van der Waals surface area contributed by atoms with E-state index < -0.39 is 10.1 Å². The summed E-state index contributed by atoms with van der Waals surface area (Å²) < 4.78 is 28.6. The molecule has 65 valence electrons. The fourth-order valence-corrected chi connectivity index (χ4v) is 1.28. The van der Waals surface area contributed by atoms with E-state index in [0.717, 1.165) is 19.3 Å². The maximum Gasteiger partial charge on any atom is 0.264 e. The Hall–Kier alpha value is 0.832. The van der Waals surface area contributed by atoms with Gasteiger partial charge in [0.1, 0.15) is 0 Å². The molecule has 0 unspecified atom stereocenters. The van der Waals surface area contributed by atoms with Gasteiger partial charge in [-0.1, -0.05) is 26.2 Å². The van der Waals surface area contributed by atoms with Crippen LogP contribution in [-0.4, -0.2) is 46.0 Å². The normalized spacial score (nSPS) is 10.7. The second-order valence-corrected chi connectivity index (χ2v) is 3.92. The number of rotatable bonds is 5. The first-order chi connectivity index (χ1) is 4.56. The summed E-state index contributed by atoms with van der Waals surface area (Å²) in [5.74, 6) is -0.0903. The molecule has 3 nitrogen and oxygen atoms in total. The van der Waals surface area contributed by atoms with E-state index in [1.165, 1.54) is 0 Å². The molecule has 0 aliphatic rings. The van der Waals surface area contributed by atoms with Gasteiger partial charge in [0.15, 0.2) is 0 Å². The molecule has 0 atom stereocenters. The van der Waals surface area contributed by atoms with Gasteiger partial charge in [0.25, 0.3) is 10.1 Å². The van der Waals surface area contributed by atoms with Crippen LogP contribution in [0.25, 0.3) is 0 Å². The maximum absolute atomic E-state index is 10.1. The topological polar surface area (TPSA) is 54.4 Å². The van der Waals surface area contributed by atoms with Gasteiger partial charge in [-0.25, -0.2) is 0 Å². The van der Waals surface area contributed by atoms with Crippen LogP contribution < -0.4 is 0 Å².